The first-order valence-electron chi connectivity index (χ1n) is 6.61. The number of nitrogens with zero attached hydrogens (tertiary/aromatic N) is 1. The van der Waals surface area contributed by atoms with E-state index in [1.54, 1.807) is 0 Å². The molecule has 1 aliphatic rings. The second kappa shape index (κ2) is 7.89. The third-order valence-corrected chi connectivity index (χ3v) is 3.33. The number of hydrogen-bond donors (Lipinski definition) is 2. The number of aliphatic imine (C=N–C) groups is 1. The molecule has 2 rings (SSSR count). The molecule has 108 valence electrons. The summed E-state index contributed by atoms with van der Waals surface area (Å²) < 4.78 is 5.20. The summed E-state index contributed by atoms with van der Waals surface area (Å²) in [7, 11) is 0. The van der Waals surface area contributed by atoms with Crippen molar-refractivity contribution < 1.29 is 9.53 Å². The van der Waals surface area contributed by atoms with Crippen LogP contribution in [0.2, 0.25) is 0 Å². The van der Waals surface area contributed by atoms with Gasteiger partial charge in [0, 0.05) is 18.4 Å². The highest BCUT2D eigenvalue weighted by molar-refractivity contribution is 9.09. The standard InChI is InChI=1S/C14H18BrN3O2/c15-7-9-17-13-12(6-8-16-13)18-14(19)20-10-11-4-2-1-3-5-11/h1-5,12H,6-10H2,(H,16,17)(H,18,19). The van der Waals surface area contributed by atoms with E-state index in [4.69, 9.17) is 4.74 Å². The molecule has 0 saturated carbocycles. The number of rotatable bonds is 5. The summed E-state index contributed by atoms with van der Waals surface area (Å²) in [4.78, 5) is 16.1. The van der Waals surface area contributed by atoms with Gasteiger partial charge in [-0.2, -0.15) is 0 Å². The molecule has 1 heterocycles. The SMILES string of the molecule is O=C(NC1CCN=C1NCCBr)OCc1ccccc1. The first kappa shape index (κ1) is 14.8. The molecule has 1 unspecified atom stereocenters. The number of ether oxygens (including phenoxy) is 1. The van der Waals surface area contributed by atoms with Crippen LogP contribution < -0.4 is 10.6 Å². The highest BCUT2D eigenvalue weighted by atomic mass is 79.9. The number of amides is 1. The average molecular weight is 340 g/mol. The Morgan fingerprint density at radius 1 is 1.40 bits per heavy atom. The fraction of sp³-hybridized carbons (Fsp3) is 0.429. The lowest BCUT2D eigenvalue weighted by Gasteiger charge is -2.16. The van der Waals surface area contributed by atoms with Crippen molar-refractivity contribution in [2.75, 3.05) is 18.4 Å². The fourth-order valence-electron chi connectivity index (χ4n) is 1.96. The Labute approximate surface area is 126 Å². The number of alkyl halides is 1. The van der Waals surface area contributed by atoms with Crippen molar-refractivity contribution in [2.45, 2.75) is 19.1 Å². The van der Waals surface area contributed by atoms with Crippen molar-refractivity contribution in [1.82, 2.24) is 10.6 Å². The summed E-state index contributed by atoms with van der Waals surface area (Å²) >= 11 is 3.35. The minimum Gasteiger partial charge on any atom is -0.445 e. The van der Waals surface area contributed by atoms with Gasteiger partial charge in [-0.3, -0.25) is 4.99 Å². The second-order valence-corrected chi connectivity index (χ2v) is 5.22. The molecule has 0 fully saturated rings. The lowest BCUT2D eigenvalue weighted by Crippen LogP contribution is -2.45. The minimum absolute atomic E-state index is 0.0719. The highest BCUT2D eigenvalue weighted by Gasteiger charge is 2.23. The molecule has 1 aromatic rings. The molecule has 1 atom stereocenters. The van der Waals surface area contributed by atoms with Crippen molar-refractivity contribution in [3.63, 3.8) is 0 Å². The van der Waals surface area contributed by atoms with Gasteiger partial charge in [0.1, 0.15) is 12.4 Å². The summed E-state index contributed by atoms with van der Waals surface area (Å²) in [6.45, 7) is 1.80. The van der Waals surface area contributed by atoms with Gasteiger partial charge in [0.15, 0.2) is 0 Å². The number of nitrogens with one attached hydrogen (secondary N) is 2. The molecule has 0 saturated heterocycles. The van der Waals surface area contributed by atoms with Crippen molar-refractivity contribution in [2.24, 2.45) is 4.99 Å². The van der Waals surface area contributed by atoms with Crippen LogP contribution in [0.15, 0.2) is 35.3 Å². The predicted octanol–water partition coefficient (Wildman–Crippen LogP) is 2.07. The smallest absolute Gasteiger partial charge is 0.408 e. The molecule has 0 bridgehead atoms. The molecule has 1 aromatic carbocycles. The largest absolute Gasteiger partial charge is 0.445 e. The van der Waals surface area contributed by atoms with Crippen LogP contribution in [-0.4, -0.2) is 36.4 Å². The number of carbonyl (C=O) groups excluding carboxylic acids is 1. The molecular weight excluding hydrogens is 322 g/mol. The van der Waals surface area contributed by atoms with Gasteiger partial charge in [-0.25, -0.2) is 4.79 Å². The Kier molecular flexibility index (Phi) is 5.86. The van der Waals surface area contributed by atoms with E-state index in [0.717, 1.165) is 36.2 Å². The minimum atomic E-state index is -0.408. The molecule has 6 heteroatoms. The maximum absolute atomic E-state index is 11.8. The quantitative estimate of drug-likeness (QED) is 0.807. The maximum Gasteiger partial charge on any atom is 0.408 e. The van der Waals surface area contributed by atoms with Crippen LogP contribution in [-0.2, 0) is 11.3 Å². The summed E-state index contributed by atoms with van der Waals surface area (Å²) in [5.41, 5.74) is 0.973. The number of carbonyl (C=O) groups is 1. The lowest BCUT2D eigenvalue weighted by molar-refractivity contribution is 0.138. The monoisotopic (exact) mass is 339 g/mol. The summed E-state index contributed by atoms with van der Waals surface area (Å²) in [5.74, 6) is 0.834. The van der Waals surface area contributed by atoms with E-state index in [0.29, 0.717) is 0 Å². The zero-order valence-corrected chi connectivity index (χ0v) is 12.7. The van der Waals surface area contributed by atoms with Crippen LogP contribution in [0.3, 0.4) is 0 Å². The van der Waals surface area contributed by atoms with E-state index in [1.165, 1.54) is 0 Å². The molecule has 0 aliphatic carbocycles. The Morgan fingerprint density at radius 3 is 2.95 bits per heavy atom. The predicted molar refractivity (Wildman–Crippen MR) is 82.3 cm³/mol. The number of alkyl carbamates (subject to hydrolysis) is 1. The number of halogens is 1. The molecule has 1 amide bonds. The van der Waals surface area contributed by atoms with Gasteiger partial charge in [0.2, 0.25) is 0 Å². The number of hydrogen-bond acceptors (Lipinski definition) is 4. The third-order valence-electron chi connectivity index (χ3n) is 2.94. The van der Waals surface area contributed by atoms with Crippen molar-refractivity contribution in [1.29, 1.82) is 0 Å². The molecule has 0 radical (unpaired) electrons. The highest BCUT2D eigenvalue weighted by Crippen LogP contribution is 2.06. The molecule has 20 heavy (non-hydrogen) atoms. The van der Waals surface area contributed by atoms with Crippen LogP contribution in [0, 0.1) is 0 Å². The van der Waals surface area contributed by atoms with Gasteiger partial charge < -0.3 is 15.4 Å². The van der Waals surface area contributed by atoms with Crippen molar-refractivity contribution >= 4 is 27.9 Å². The van der Waals surface area contributed by atoms with E-state index in [9.17, 15) is 4.79 Å². The Balaban J connectivity index is 1.75. The van der Waals surface area contributed by atoms with E-state index < -0.39 is 6.09 Å². The molecule has 1 aliphatic heterocycles. The Morgan fingerprint density at radius 2 is 2.20 bits per heavy atom. The molecule has 0 aromatic heterocycles. The van der Waals surface area contributed by atoms with Crippen LogP contribution >= 0.6 is 15.9 Å². The number of amidine groups is 1. The van der Waals surface area contributed by atoms with Crippen molar-refractivity contribution in [3.8, 4) is 0 Å². The normalized spacial score (nSPS) is 17.4. The zero-order valence-electron chi connectivity index (χ0n) is 11.1. The van der Waals surface area contributed by atoms with Crippen LogP contribution in [0.5, 0.6) is 0 Å². The van der Waals surface area contributed by atoms with Gasteiger partial charge in [0.05, 0.1) is 6.04 Å². The topological polar surface area (TPSA) is 62.7 Å². The zero-order chi connectivity index (χ0) is 14.2. The van der Waals surface area contributed by atoms with Gasteiger partial charge in [-0.1, -0.05) is 46.3 Å². The van der Waals surface area contributed by atoms with E-state index in [1.807, 2.05) is 30.3 Å². The summed E-state index contributed by atoms with van der Waals surface area (Å²) in [6, 6.07) is 9.55. The Hall–Kier alpha value is -1.56. The number of benzene rings is 1. The molecule has 5 nitrogen and oxygen atoms in total. The van der Waals surface area contributed by atoms with Gasteiger partial charge >= 0.3 is 6.09 Å². The van der Waals surface area contributed by atoms with E-state index in [-0.39, 0.29) is 12.6 Å². The molecule has 2 N–H and O–H groups in total. The third kappa shape index (κ3) is 4.52. The Bertz CT molecular complexity index is 465. The van der Waals surface area contributed by atoms with Gasteiger partial charge in [-0.05, 0) is 12.0 Å². The molecular formula is C14H18BrN3O2. The van der Waals surface area contributed by atoms with Crippen LogP contribution in [0.25, 0.3) is 0 Å². The first-order chi connectivity index (χ1) is 9.79. The summed E-state index contributed by atoms with van der Waals surface area (Å²) in [5, 5.41) is 6.88. The lowest BCUT2D eigenvalue weighted by atomic mass is 10.2. The first-order valence-corrected chi connectivity index (χ1v) is 7.73. The van der Waals surface area contributed by atoms with Crippen LogP contribution in [0.1, 0.15) is 12.0 Å². The van der Waals surface area contributed by atoms with Gasteiger partial charge in [0.25, 0.3) is 0 Å². The van der Waals surface area contributed by atoms with Crippen molar-refractivity contribution in [3.05, 3.63) is 35.9 Å². The average Bonchev–Trinajstić information content (AvgIpc) is 2.91. The van der Waals surface area contributed by atoms with Gasteiger partial charge in [-0.15, -0.1) is 0 Å². The molecule has 0 spiro atoms. The van der Waals surface area contributed by atoms with E-state index >= 15 is 0 Å². The fourth-order valence-corrected chi connectivity index (χ4v) is 2.16. The van der Waals surface area contributed by atoms with E-state index in [2.05, 4.69) is 31.6 Å². The maximum atomic E-state index is 11.8. The second-order valence-electron chi connectivity index (χ2n) is 4.43. The van der Waals surface area contributed by atoms with Crippen LogP contribution in [0.4, 0.5) is 4.79 Å². The summed E-state index contributed by atoms with van der Waals surface area (Å²) in [6.07, 6.45) is 0.402.